The summed E-state index contributed by atoms with van der Waals surface area (Å²) in [5.41, 5.74) is 3.52. The Morgan fingerprint density at radius 2 is 1.84 bits per heavy atom. The van der Waals surface area contributed by atoms with Gasteiger partial charge < -0.3 is 15.0 Å². The van der Waals surface area contributed by atoms with Crippen LogP contribution in [0, 0.1) is 0 Å². The van der Waals surface area contributed by atoms with Crippen molar-refractivity contribution in [3.05, 3.63) is 39.9 Å². The largest absolute Gasteiger partial charge is 0.381 e. The van der Waals surface area contributed by atoms with E-state index in [4.69, 9.17) is 4.74 Å². The lowest BCUT2D eigenvalue weighted by molar-refractivity contribution is -0.116. The zero-order chi connectivity index (χ0) is 26.2. The van der Waals surface area contributed by atoms with Crippen LogP contribution in [-0.2, 0) is 22.6 Å². The zero-order valence-corrected chi connectivity index (χ0v) is 23.3. The van der Waals surface area contributed by atoms with Gasteiger partial charge in [0.25, 0.3) is 5.91 Å². The van der Waals surface area contributed by atoms with Crippen molar-refractivity contribution in [1.29, 1.82) is 0 Å². The molecule has 0 aliphatic carbocycles. The number of nitrogens with zero attached hydrogens (tertiary/aromatic N) is 4. The Bertz CT molecular complexity index is 1050. The Labute approximate surface area is 224 Å². The van der Waals surface area contributed by atoms with Crippen molar-refractivity contribution in [2.75, 3.05) is 31.2 Å². The van der Waals surface area contributed by atoms with E-state index < -0.39 is 0 Å². The van der Waals surface area contributed by atoms with E-state index in [0.29, 0.717) is 24.7 Å². The lowest BCUT2D eigenvalue weighted by Gasteiger charge is -2.36. The van der Waals surface area contributed by atoms with Crippen molar-refractivity contribution in [2.24, 2.45) is 0 Å². The Morgan fingerprint density at radius 3 is 2.57 bits per heavy atom. The number of anilines is 1. The van der Waals surface area contributed by atoms with Crippen molar-refractivity contribution >= 4 is 29.0 Å². The van der Waals surface area contributed by atoms with Gasteiger partial charge >= 0.3 is 0 Å². The topological polar surface area (TPSA) is 87.7 Å². The summed E-state index contributed by atoms with van der Waals surface area (Å²) in [6.07, 6.45) is 7.74. The molecule has 9 heteroatoms. The zero-order valence-electron chi connectivity index (χ0n) is 22.5. The molecule has 0 radical (unpaired) electrons. The number of ether oxygens (including phenoxy) is 1. The second kappa shape index (κ2) is 13.4. The Kier molecular flexibility index (Phi) is 10.1. The van der Waals surface area contributed by atoms with Crippen LogP contribution in [0.4, 0.5) is 5.69 Å². The Morgan fingerprint density at radius 1 is 1.11 bits per heavy atom. The van der Waals surface area contributed by atoms with Crippen LogP contribution in [0.25, 0.3) is 0 Å². The minimum atomic E-state index is -0.121. The summed E-state index contributed by atoms with van der Waals surface area (Å²) in [6, 6.07) is 6.27. The van der Waals surface area contributed by atoms with Gasteiger partial charge in [0, 0.05) is 50.5 Å². The fraction of sp³-hybridized carbons (Fsp3) is 0.643. The lowest BCUT2D eigenvalue weighted by atomic mass is 10.0. The van der Waals surface area contributed by atoms with E-state index in [0.717, 1.165) is 73.8 Å². The van der Waals surface area contributed by atoms with E-state index in [-0.39, 0.29) is 17.7 Å². The fourth-order valence-electron chi connectivity index (χ4n) is 5.38. The number of amides is 2. The minimum absolute atomic E-state index is 0.0482. The average Bonchev–Trinajstić information content (AvgIpc) is 3.37. The van der Waals surface area contributed by atoms with E-state index in [2.05, 4.69) is 33.7 Å². The number of nitrogens with one attached hydrogen (secondary N) is 1. The van der Waals surface area contributed by atoms with Crippen LogP contribution in [0.15, 0.2) is 18.2 Å². The van der Waals surface area contributed by atoms with Crippen molar-refractivity contribution in [3.8, 4) is 0 Å². The van der Waals surface area contributed by atoms with Crippen LogP contribution in [0.2, 0.25) is 0 Å². The van der Waals surface area contributed by atoms with Gasteiger partial charge in [-0.15, -0.1) is 5.10 Å². The van der Waals surface area contributed by atoms with Crippen molar-refractivity contribution < 1.29 is 14.3 Å². The quantitative estimate of drug-likeness (QED) is 0.596. The number of benzene rings is 1. The van der Waals surface area contributed by atoms with Crippen LogP contribution in [0.3, 0.4) is 0 Å². The third kappa shape index (κ3) is 7.36. The average molecular weight is 528 g/mol. The highest BCUT2D eigenvalue weighted by Gasteiger charge is 2.25. The number of fused-ring (bicyclic) bond motifs is 1. The van der Waals surface area contributed by atoms with Crippen molar-refractivity contribution in [2.45, 2.75) is 90.8 Å². The van der Waals surface area contributed by atoms with Gasteiger partial charge in [0.05, 0.1) is 17.1 Å². The molecule has 0 unspecified atom stereocenters. The van der Waals surface area contributed by atoms with E-state index in [1.165, 1.54) is 30.8 Å². The van der Waals surface area contributed by atoms with Gasteiger partial charge in [0.15, 0.2) is 0 Å². The lowest BCUT2D eigenvalue weighted by Crippen LogP contribution is -2.40. The van der Waals surface area contributed by atoms with Crippen LogP contribution < -0.4 is 10.2 Å². The summed E-state index contributed by atoms with van der Waals surface area (Å²) in [4.78, 5) is 31.4. The summed E-state index contributed by atoms with van der Waals surface area (Å²) in [5, 5.41) is 7.28. The smallest absolute Gasteiger partial charge is 0.251 e. The maximum atomic E-state index is 13.2. The van der Waals surface area contributed by atoms with Gasteiger partial charge in [0.2, 0.25) is 5.91 Å². The van der Waals surface area contributed by atoms with Gasteiger partial charge in [-0.05, 0) is 73.4 Å². The Balaban J connectivity index is 1.61. The highest BCUT2D eigenvalue weighted by Crippen LogP contribution is 2.28. The molecule has 0 atom stereocenters. The summed E-state index contributed by atoms with van der Waals surface area (Å²) < 4.78 is 9.70. The predicted octanol–water partition coefficient (Wildman–Crippen LogP) is 4.89. The van der Waals surface area contributed by atoms with Crippen LogP contribution in [-0.4, -0.2) is 58.6 Å². The van der Waals surface area contributed by atoms with E-state index in [1.54, 1.807) is 6.92 Å². The molecule has 1 saturated heterocycles. The second-order valence-corrected chi connectivity index (χ2v) is 11.4. The van der Waals surface area contributed by atoms with Crippen LogP contribution >= 0.6 is 11.5 Å². The molecule has 37 heavy (non-hydrogen) atoms. The summed E-state index contributed by atoms with van der Waals surface area (Å²) in [6.45, 7) is 10.3. The first-order valence-corrected chi connectivity index (χ1v) is 14.5. The van der Waals surface area contributed by atoms with Crippen LogP contribution in [0.1, 0.15) is 98.1 Å². The van der Waals surface area contributed by atoms with Gasteiger partial charge in [-0.2, -0.15) is 0 Å². The molecule has 1 N–H and O–H groups in total. The standard InChI is InChI=1S/C28H41N5O3S/c1-20(2)27-26(37-31-30-27)18-29-28(35)22-9-10-25-23(17-22)19-32(24-11-15-36-16-12-24)13-7-5-4-6-8-14-33(25)21(3)34/h9-10,17,20,24H,4-8,11-16,18-19H2,1-3H3,(H,29,35). The third-order valence-corrected chi connectivity index (χ3v) is 8.20. The normalized spacial score (nSPS) is 18.6. The highest BCUT2D eigenvalue weighted by atomic mass is 32.1. The minimum Gasteiger partial charge on any atom is -0.381 e. The monoisotopic (exact) mass is 527 g/mol. The summed E-state index contributed by atoms with van der Waals surface area (Å²) in [7, 11) is 0. The molecule has 202 valence electrons. The van der Waals surface area contributed by atoms with Gasteiger partial charge in [-0.3, -0.25) is 14.5 Å². The summed E-state index contributed by atoms with van der Waals surface area (Å²) in [5.74, 6) is 0.188. The number of rotatable bonds is 5. The molecular weight excluding hydrogens is 486 g/mol. The number of hydrogen-bond donors (Lipinski definition) is 1. The second-order valence-electron chi connectivity index (χ2n) is 10.5. The molecule has 2 aromatic rings. The number of carbonyl (C=O) groups excluding carboxylic acids is 2. The van der Waals surface area contributed by atoms with E-state index in [9.17, 15) is 9.59 Å². The van der Waals surface area contributed by atoms with Crippen molar-refractivity contribution in [3.63, 3.8) is 0 Å². The molecule has 2 aliphatic rings. The molecular formula is C28H41N5O3S. The summed E-state index contributed by atoms with van der Waals surface area (Å²) >= 11 is 1.33. The SMILES string of the molecule is CC(=O)N1CCCCCCCN(C2CCOCC2)Cc2cc(C(=O)NCc3snnc3C(C)C)ccc21. The van der Waals surface area contributed by atoms with Gasteiger partial charge in [-0.25, -0.2) is 0 Å². The van der Waals surface area contributed by atoms with Crippen LogP contribution in [0.5, 0.6) is 0 Å². The van der Waals surface area contributed by atoms with Gasteiger partial charge in [0.1, 0.15) is 0 Å². The Hall–Kier alpha value is -2.36. The molecule has 2 amide bonds. The number of carbonyl (C=O) groups is 2. The predicted molar refractivity (Wildman–Crippen MR) is 147 cm³/mol. The van der Waals surface area contributed by atoms with E-state index in [1.807, 2.05) is 23.1 Å². The van der Waals surface area contributed by atoms with E-state index >= 15 is 0 Å². The molecule has 1 fully saturated rings. The van der Waals surface area contributed by atoms with Crippen molar-refractivity contribution in [1.82, 2.24) is 19.8 Å². The molecule has 3 heterocycles. The highest BCUT2D eigenvalue weighted by molar-refractivity contribution is 7.05. The number of hydrogen-bond acceptors (Lipinski definition) is 7. The first-order valence-electron chi connectivity index (χ1n) is 13.8. The number of aromatic nitrogens is 2. The molecule has 8 nitrogen and oxygen atoms in total. The molecule has 0 bridgehead atoms. The van der Waals surface area contributed by atoms with Gasteiger partial charge in [-0.1, -0.05) is 37.6 Å². The molecule has 1 aromatic carbocycles. The first-order chi connectivity index (χ1) is 17.9. The third-order valence-electron chi connectivity index (χ3n) is 7.46. The first kappa shape index (κ1) is 27.7. The molecule has 4 rings (SSSR count). The molecule has 2 aliphatic heterocycles. The molecule has 1 aromatic heterocycles. The molecule has 0 spiro atoms. The fourth-order valence-corrected chi connectivity index (χ4v) is 6.11. The molecule has 0 saturated carbocycles. The maximum Gasteiger partial charge on any atom is 0.251 e. The maximum absolute atomic E-state index is 13.2.